The normalized spacial score (nSPS) is 22.2. The van der Waals surface area contributed by atoms with Crippen molar-refractivity contribution in [3.8, 4) is 0 Å². The largest absolute Gasteiger partial charge is 0.338 e. The third-order valence-electron chi connectivity index (χ3n) is 4.36. The highest BCUT2D eigenvalue weighted by atomic mass is 16.5. The van der Waals surface area contributed by atoms with Gasteiger partial charge in [0.25, 0.3) is 0 Å². The third-order valence-corrected chi connectivity index (χ3v) is 4.36. The van der Waals surface area contributed by atoms with Crippen molar-refractivity contribution in [2.75, 3.05) is 0 Å². The molecule has 4 rings (SSSR count). The summed E-state index contributed by atoms with van der Waals surface area (Å²) >= 11 is 0. The number of nitrogens with zero attached hydrogens (tertiary/aromatic N) is 2. The Balaban J connectivity index is 1.66. The molecule has 2 aromatic rings. The fourth-order valence-corrected chi connectivity index (χ4v) is 2.74. The summed E-state index contributed by atoms with van der Waals surface area (Å²) in [7, 11) is 0. The third kappa shape index (κ3) is 1.78. The maximum atomic E-state index is 6.13. The van der Waals surface area contributed by atoms with Crippen molar-refractivity contribution in [3.05, 3.63) is 47.6 Å². The summed E-state index contributed by atoms with van der Waals surface area (Å²) in [5.74, 6) is 1.97. The van der Waals surface area contributed by atoms with E-state index in [1.807, 2.05) is 6.07 Å². The lowest BCUT2D eigenvalue weighted by molar-refractivity contribution is 0.351. The Kier molecular flexibility index (Phi) is 2.30. The summed E-state index contributed by atoms with van der Waals surface area (Å²) in [6, 6.07) is 10.4. The van der Waals surface area contributed by atoms with Gasteiger partial charge < -0.3 is 10.3 Å². The fourth-order valence-electron chi connectivity index (χ4n) is 2.74. The van der Waals surface area contributed by atoms with Crippen LogP contribution in [0.2, 0.25) is 0 Å². The molecule has 2 aliphatic rings. The van der Waals surface area contributed by atoms with E-state index in [1.165, 1.54) is 18.4 Å². The van der Waals surface area contributed by atoms with E-state index >= 15 is 0 Å². The van der Waals surface area contributed by atoms with Gasteiger partial charge >= 0.3 is 0 Å². The lowest BCUT2D eigenvalue weighted by Crippen LogP contribution is -2.15. The standard InChI is InChI=1S/C15H17N3O/c16-12(10-6-7-10)13-17-14(19-18-13)15(8-9-15)11-4-2-1-3-5-11/h1-5,10,12H,6-9,16H2. The second kappa shape index (κ2) is 3.90. The summed E-state index contributed by atoms with van der Waals surface area (Å²) < 4.78 is 5.50. The average Bonchev–Trinajstić information content (AvgIpc) is 3.38. The van der Waals surface area contributed by atoms with Crippen LogP contribution in [0.1, 0.15) is 49.0 Å². The average molecular weight is 255 g/mol. The molecule has 1 aromatic heterocycles. The second-order valence-electron chi connectivity index (χ2n) is 5.77. The first-order valence-corrected chi connectivity index (χ1v) is 6.95. The van der Waals surface area contributed by atoms with Crippen molar-refractivity contribution in [2.24, 2.45) is 11.7 Å². The topological polar surface area (TPSA) is 64.9 Å². The molecular weight excluding hydrogens is 238 g/mol. The highest BCUT2D eigenvalue weighted by molar-refractivity contribution is 5.38. The SMILES string of the molecule is NC(c1noc(C2(c3ccccc3)CC2)n1)C1CC1. The van der Waals surface area contributed by atoms with Gasteiger partial charge in [-0.25, -0.2) is 0 Å². The van der Waals surface area contributed by atoms with Crippen LogP contribution in [-0.4, -0.2) is 10.1 Å². The van der Waals surface area contributed by atoms with E-state index in [0.717, 1.165) is 18.7 Å². The molecule has 1 heterocycles. The first-order valence-electron chi connectivity index (χ1n) is 6.95. The Morgan fingerprint density at radius 2 is 1.95 bits per heavy atom. The minimum atomic E-state index is -0.0518. The molecule has 4 nitrogen and oxygen atoms in total. The first kappa shape index (κ1) is 11.2. The van der Waals surface area contributed by atoms with Crippen LogP contribution in [0, 0.1) is 5.92 Å². The molecular formula is C15H17N3O. The number of aromatic nitrogens is 2. The summed E-state index contributed by atoms with van der Waals surface area (Å²) in [4.78, 5) is 4.58. The van der Waals surface area contributed by atoms with Crippen LogP contribution >= 0.6 is 0 Å². The zero-order valence-corrected chi connectivity index (χ0v) is 10.7. The number of nitrogens with two attached hydrogens (primary N) is 1. The summed E-state index contributed by atoms with van der Waals surface area (Å²) in [6.07, 6.45) is 4.54. The van der Waals surface area contributed by atoms with Crippen LogP contribution in [0.15, 0.2) is 34.9 Å². The van der Waals surface area contributed by atoms with Gasteiger partial charge in [-0.3, -0.25) is 0 Å². The Bertz CT molecular complexity index is 584. The predicted octanol–water partition coefficient (Wildman–Crippen LogP) is 2.56. The van der Waals surface area contributed by atoms with E-state index in [-0.39, 0.29) is 11.5 Å². The molecule has 1 aromatic carbocycles. The van der Waals surface area contributed by atoms with Crippen molar-refractivity contribution in [1.29, 1.82) is 0 Å². The quantitative estimate of drug-likeness (QED) is 0.911. The minimum Gasteiger partial charge on any atom is -0.338 e. The molecule has 2 aliphatic carbocycles. The Hall–Kier alpha value is -1.68. The first-order chi connectivity index (χ1) is 9.29. The van der Waals surface area contributed by atoms with Crippen LogP contribution in [-0.2, 0) is 5.41 Å². The molecule has 0 radical (unpaired) electrons. The van der Waals surface area contributed by atoms with E-state index in [1.54, 1.807) is 0 Å². The fraction of sp³-hybridized carbons (Fsp3) is 0.467. The van der Waals surface area contributed by atoms with Crippen LogP contribution < -0.4 is 5.73 Å². The van der Waals surface area contributed by atoms with Crippen molar-refractivity contribution in [2.45, 2.75) is 37.1 Å². The second-order valence-corrected chi connectivity index (χ2v) is 5.77. The van der Waals surface area contributed by atoms with Crippen molar-refractivity contribution in [3.63, 3.8) is 0 Å². The van der Waals surface area contributed by atoms with Crippen LogP contribution in [0.3, 0.4) is 0 Å². The lowest BCUT2D eigenvalue weighted by atomic mass is 9.96. The number of benzene rings is 1. The summed E-state index contributed by atoms with van der Waals surface area (Å²) in [5.41, 5.74) is 7.35. The van der Waals surface area contributed by atoms with E-state index in [2.05, 4.69) is 34.4 Å². The van der Waals surface area contributed by atoms with Gasteiger partial charge in [0.15, 0.2) is 5.82 Å². The highest BCUT2D eigenvalue weighted by Crippen LogP contribution is 2.53. The van der Waals surface area contributed by atoms with Gasteiger partial charge in [-0.1, -0.05) is 35.5 Å². The molecule has 0 amide bonds. The van der Waals surface area contributed by atoms with E-state index in [0.29, 0.717) is 11.7 Å². The van der Waals surface area contributed by atoms with Crippen LogP contribution in [0.4, 0.5) is 0 Å². The maximum absolute atomic E-state index is 6.13. The van der Waals surface area contributed by atoms with Gasteiger partial charge in [-0.05, 0) is 37.2 Å². The van der Waals surface area contributed by atoms with Crippen LogP contribution in [0.5, 0.6) is 0 Å². The van der Waals surface area contributed by atoms with Crippen molar-refractivity contribution >= 4 is 0 Å². The number of hydrogen-bond acceptors (Lipinski definition) is 4. The van der Waals surface area contributed by atoms with E-state index in [9.17, 15) is 0 Å². The van der Waals surface area contributed by atoms with Crippen LogP contribution in [0.25, 0.3) is 0 Å². The van der Waals surface area contributed by atoms with E-state index < -0.39 is 0 Å². The molecule has 0 saturated heterocycles. The van der Waals surface area contributed by atoms with Gasteiger partial charge in [-0.15, -0.1) is 0 Å². The van der Waals surface area contributed by atoms with Crippen molar-refractivity contribution < 1.29 is 4.52 Å². The highest BCUT2D eigenvalue weighted by Gasteiger charge is 2.51. The maximum Gasteiger partial charge on any atom is 0.237 e. The molecule has 2 saturated carbocycles. The van der Waals surface area contributed by atoms with Gasteiger partial charge in [0.2, 0.25) is 5.89 Å². The van der Waals surface area contributed by atoms with Crippen molar-refractivity contribution in [1.82, 2.24) is 10.1 Å². The predicted molar refractivity (Wildman–Crippen MR) is 70.4 cm³/mol. The molecule has 4 heteroatoms. The molecule has 1 unspecified atom stereocenters. The molecule has 0 bridgehead atoms. The Morgan fingerprint density at radius 3 is 2.58 bits per heavy atom. The monoisotopic (exact) mass is 255 g/mol. The van der Waals surface area contributed by atoms with E-state index in [4.69, 9.17) is 10.3 Å². The van der Waals surface area contributed by atoms with Gasteiger partial charge in [0.1, 0.15) is 0 Å². The molecule has 0 aliphatic heterocycles. The summed E-state index contributed by atoms with van der Waals surface area (Å²) in [5, 5.41) is 4.10. The molecule has 19 heavy (non-hydrogen) atoms. The molecule has 98 valence electrons. The minimum absolute atomic E-state index is 0.0459. The molecule has 0 spiro atoms. The smallest absolute Gasteiger partial charge is 0.237 e. The number of rotatable bonds is 4. The lowest BCUT2D eigenvalue weighted by Gasteiger charge is -2.09. The molecule has 2 fully saturated rings. The zero-order valence-electron chi connectivity index (χ0n) is 10.7. The summed E-state index contributed by atoms with van der Waals surface area (Å²) in [6.45, 7) is 0. The number of hydrogen-bond donors (Lipinski definition) is 1. The zero-order chi connectivity index (χ0) is 12.9. The molecule has 1 atom stereocenters. The Labute approximate surface area is 112 Å². The Morgan fingerprint density at radius 1 is 1.21 bits per heavy atom. The van der Waals surface area contributed by atoms with Gasteiger partial charge in [-0.2, -0.15) is 4.98 Å². The van der Waals surface area contributed by atoms with Gasteiger partial charge in [0, 0.05) is 0 Å². The molecule has 2 N–H and O–H groups in total. The van der Waals surface area contributed by atoms with Gasteiger partial charge in [0.05, 0.1) is 11.5 Å².